The minimum Gasteiger partial charge on any atom is -0.322 e. The first-order chi connectivity index (χ1) is 14.7. The molecule has 1 aliphatic rings. The lowest BCUT2D eigenvalue weighted by atomic mass is 10.0. The zero-order valence-electron chi connectivity index (χ0n) is 16.2. The Bertz CT molecular complexity index is 1260. The van der Waals surface area contributed by atoms with Gasteiger partial charge >= 0.3 is 0 Å². The summed E-state index contributed by atoms with van der Waals surface area (Å²) in [7, 11) is 0. The molecule has 4 aromatic rings. The average molecular weight is 393 g/mol. The Labute approximate surface area is 174 Å². The Morgan fingerprint density at radius 1 is 0.933 bits per heavy atom. The van der Waals surface area contributed by atoms with Crippen LogP contribution >= 0.6 is 0 Å². The Morgan fingerprint density at radius 3 is 2.67 bits per heavy atom. The molecule has 5 nitrogen and oxygen atoms in total. The smallest absolute Gasteiger partial charge is 0.259 e. The molecular formula is C25H19N3O2. The van der Waals surface area contributed by atoms with Crippen LogP contribution in [0, 0.1) is 0 Å². The molecule has 0 fully saturated rings. The van der Waals surface area contributed by atoms with Crippen LogP contribution in [0.25, 0.3) is 10.8 Å². The molecule has 30 heavy (non-hydrogen) atoms. The third-order valence-electron chi connectivity index (χ3n) is 5.43. The molecule has 5 rings (SSSR count). The molecule has 0 bridgehead atoms. The van der Waals surface area contributed by atoms with E-state index in [0.29, 0.717) is 23.4 Å². The third-order valence-corrected chi connectivity index (χ3v) is 5.43. The molecule has 1 N–H and O–H groups in total. The Balaban J connectivity index is 1.43. The first kappa shape index (κ1) is 18.1. The quantitative estimate of drug-likeness (QED) is 0.549. The van der Waals surface area contributed by atoms with Gasteiger partial charge in [0.1, 0.15) is 0 Å². The van der Waals surface area contributed by atoms with Crippen LogP contribution in [-0.2, 0) is 6.42 Å². The fourth-order valence-corrected chi connectivity index (χ4v) is 3.93. The molecule has 0 spiro atoms. The van der Waals surface area contributed by atoms with E-state index in [4.69, 9.17) is 0 Å². The molecular weight excluding hydrogens is 374 g/mol. The highest BCUT2D eigenvalue weighted by molar-refractivity contribution is 6.13. The second-order valence-corrected chi connectivity index (χ2v) is 7.27. The molecule has 0 saturated heterocycles. The molecule has 1 aliphatic heterocycles. The topological polar surface area (TPSA) is 62.3 Å². The summed E-state index contributed by atoms with van der Waals surface area (Å²) in [6.07, 6.45) is 4.01. The lowest BCUT2D eigenvalue weighted by Gasteiger charge is -2.18. The first-order valence-corrected chi connectivity index (χ1v) is 9.85. The summed E-state index contributed by atoms with van der Waals surface area (Å²) in [6, 6.07) is 22.8. The van der Waals surface area contributed by atoms with E-state index in [1.54, 1.807) is 29.4 Å². The number of aromatic nitrogens is 1. The Kier molecular flexibility index (Phi) is 4.48. The number of anilines is 2. The van der Waals surface area contributed by atoms with Gasteiger partial charge in [-0.2, -0.15) is 0 Å². The molecule has 1 aromatic heterocycles. The Hall–Kier alpha value is -3.99. The van der Waals surface area contributed by atoms with Crippen LogP contribution in [0.3, 0.4) is 0 Å². The van der Waals surface area contributed by atoms with E-state index >= 15 is 0 Å². The standard InChI is InChI=1S/C25H19N3O2/c29-24(22-9-3-6-17-5-1-2-8-21(17)22)27-20-11-10-18-12-14-28(23(18)15-20)25(30)19-7-4-13-26-16-19/h1-11,13,15-16H,12,14H2,(H,27,29). The monoisotopic (exact) mass is 393 g/mol. The summed E-state index contributed by atoms with van der Waals surface area (Å²) in [5.41, 5.74) is 3.76. The maximum atomic E-state index is 13.0. The number of nitrogens with one attached hydrogen (secondary N) is 1. The van der Waals surface area contributed by atoms with Gasteiger partial charge in [-0.1, -0.05) is 42.5 Å². The minimum atomic E-state index is -0.171. The fraction of sp³-hybridized carbons (Fsp3) is 0.0800. The van der Waals surface area contributed by atoms with Gasteiger partial charge in [0.25, 0.3) is 11.8 Å². The van der Waals surface area contributed by atoms with Crippen molar-refractivity contribution >= 4 is 34.0 Å². The summed E-state index contributed by atoms with van der Waals surface area (Å²) in [5.74, 6) is -0.255. The van der Waals surface area contributed by atoms with Crippen LogP contribution in [0.4, 0.5) is 11.4 Å². The van der Waals surface area contributed by atoms with Crippen LogP contribution in [-0.4, -0.2) is 23.3 Å². The average Bonchev–Trinajstić information content (AvgIpc) is 3.22. The van der Waals surface area contributed by atoms with Crippen LogP contribution in [0.5, 0.6) is 0 Å². The number of nitrogens with zero attached hydrogens (tertiary/aromatic N) is 2. The van der Waals surface area contributed by atoms with Crippen molar-refractivity contribution < 1.29 is 9.59 Å². The van der Waals surface area contributed by atoms with Crippen molar-refractivity contribution in [2.45, 2.75) is 6.42 Å². The highest BCUT2D eigenvalue weighted by Crippen LogP contribution is 2.32. The highest BCUT2D eigenvalue weighted by atomic mass is 16.2. The maximum absolute atomic E-state index is 13.0. The third kappa shape index (κ3) is 3.20. The van der Waals surface area contributed by atoms with Gasteiger partial charge < -0.3 is 10.2 Å². The first-order valence-electron chi connectivity index (χ1n) is 9.85. The van der Waals surface area contributed by atoms with Gasteiger partial charge in [-0.3, -0.25) is 14.6 Å². The number of carbonyl (C=O) groups is 2. The molecule has 5 heteroatoms. The van der Waals surface area contributed by atoms with E-state index in [1.165, 1.54) is 0 Å². The number of amides is 2. The predicted molar refractivity (Wildman–Crippen MR) is 118 cm³/mol. The number of benzene rings is 3. The van der Waals surface area contributed by atoms with Crippen molar-refractivity contribution in [3.8, 4) is 0 Å². The molecule has 146 valence electrons. The van der Waals surface area contributed by atoms with Crippen molar-refractivity contribution in [2.75, 3.05) is 16.8 Å². The maximum Gasteiger partial charge on any atom is 0.259 e. The zero-order chi connectivity index (χ0) is 20.5. The molecule has 0 saturated carbocycles. The van der Waals surface area contributed by atoms with E-state index in [1.807, 2.05) is 60.7 Å². The van der Waals surface area contributed by atoms with Crippen molar-refractivity contribution in [1.82, 2.24) is 4.98 Å². The lowest BCUT2D eigenvalue weighted by molar-refractivity contribution is 0.0987. The van der Waals surface area contributed by atoms with Gasteiger partial charge in [-0.15, -0.1) is 0 Å². The van der Waals surface area contributed by atoms with E-state index < -0.39 is 0 Å². The van der Waals surface area contributed by atoms with Crippen LogP contribution in [0.15, 0.2) is 85.2 Å². The highest BCUT2D eigenvalue weighted by Gasteiger charge is 2.26. The molecule has 2 heterocycles. The van der Waals surface area contributed by atoms with Gasteiger partial charge in [0.15, 0.2) is 0 Å². The van der Waals surface area contributed by atoms with Crippen LogP contribution < -0.4 is 10.2 Å². The summed E-state index contributed by atoms with van der Waals surface area (Å²) in [6.45, 7) is 0.615. The van der Waals surface area contributed by atoms with E-state index in [2.05, 4.69) is 10.3 Å². The van der Waals surface area contributed by atoms with E-state index in [9.17, 15) is 9.59 Å². The second kappa shape index (κ2) is 7.44. The van der Waals surface area contributed by atoms with Gasteiger partial charge in [-0.05, 0) is 53.1 Å². The lowest BCUT2D eigenvalue weighted by Crippen LogP contribution is -2.29. The van der Waals surface area contributed by atoms with E-state index in [-0.39, 0.29) is 11.8 Å². The van der Waals surface area contributed by atoms with Crippen molar-refractivity contribution in [3.63, 3.8) is 0 Å². The van der Waals surface area contributed by atoms with Crippen LogP contribution in [0.2, 0.25) is 0 Å². The largest absolute Gasteiger partial charge is 0.322 e. The molecule has 0 unspecified atom stereocenters. The van der Waals surface area contributed by atoms with Gasteiger partial charge in [0, 0.05) is 35.9 Å². The van der Waals surface area contributed by atoms with E-state index in [0.717, 1.165) is 28.4 Å². The summed E-state index contributed by atoms with van der Waals surface area (Å²) >= 11 is 0. The molecule has 2 amide bonds. The number of pyridine rings is 1. The number of hydrogen-bond acceptors (Lipinski definition) is 3. The molecule has 0 atom stereocenters. The number of carbonyl (C=O) groups excluding carboxylic acids is 2. The second-order valence-electron chi connectivity index (χ2n) is 7.27. The fourth-order valence-electron chi connectivity index (χ4n) is 3.93. The Morgan fingerprint density at radius 2 is 1.80 bits per heavy atom. The summed E-state index contributed by atoms with van der Waals surface area (Å²) in [4.78, 5) is 31.7. The number of rotatable bonds is 3. The number of hydrogen-bond donors (Lipinski definition) is 1. The predicted octanol–water partition coefficient (Wildman–Crippen LogP) is 4.69. The normalized spacial score (nSPS) is 12.6. The summed E-state index contributed by atoms with van der Waals surface area (Å²) < 4.78 is 0. The van der Waals surface area contributed by atoms with Crippen LogP contribution in [0.1, 0.15) is 26.3 Å². The SMILES string of the molecule is O=C(Nc1ccc2c(c1)N(C(=O)c1cccnc1)CC2)c1cccc2ccccc12. The summed E-state index contributed by atoms with van der Waals surface area (Å²) in [5, 5.41) is 4.92. The van der Waals surface area contributed by atoms with Gasteiger partial charge in [0.05, 0.1) is 5.56 Å². The molecule has 3 aromatic carbocycles. The van der Waals surface area contributed by atoms with Crippen molar-refractivity contribution in [1.29, 1.82) is 0 Å². The van der Waals surface area contributed by atoms with Gasteiger partial charge in [0.2, 0.25) is 0 Å². The molecule has 0 aliphatic carbocycles. The van der Waals surface area contributed by atoms with Crippen molar-refractivity contribution in [2.24, 2.45) is 0 Å². The van der Waals surface area contributed by atoms with Crippen molar-refractivity contribution in [3.05, 3.63) is 102 Å². The number of fused-ring (bicyclic) bond motifs is 2. The minimum absolute atomic E-state index is 0.0839. The zero-order valence-corrected chi connectivity index (χ0v) is 16.2. The van der Waals surface area contributed by atoms with Gasteiger partial charge in [-0.25, -0.2) is 0 Å². The molecule has 0 radical (unpaired) electrons.